The molecule has 2 aromatic rings. The Labute approximate surface area is 124 Å². The highest BCUT2D eigenvalue weighted by molar-refractivity contribution is 6.31. The van der Waals surface area contributed by atoms with Crippen molar-refractivity contribution in [3.05, 3.63) is 76.8 Å². The van der Waals surface area contributed by atoms with Crippen molar-refractivity contribution in [1.82, 2.24) is 4.90 Å². The normalized spacial score (nSPS) is 10.7. The molecule has 3 heteroatoms. The third kappa shape index (κ3) is 3.97. The summed E-state index contributed by atoms with van der Waals surface area (Å²) in [6.07, 6.45) is 3.39. The molecule has 2 aromatic carbocycles. The molecule has 20 heavy (non-hydrogen) atoms. The van der Waals surface area contributed by atoms with Gasteiger partial charge in [0.05, 0.1) is 0 Å². The van der Waals surface area contributed by atoms with E-state index in [0.29, 0.717) is 11.6 Å². The lowest BCUT2D eigenvalue weighted by Gasteiger charge is -2.16. The van der Waals surface area contributed by atoms with Crippen LogP contribution in [-0.2, 0) is 11.3 Å². The van der Waals surface area contributed by atoms with Crippen LogP contribution in [0.3, 0.4) is 0 Å². The smallest absolute Gasteiger partial charge is 0.246 e. The highest BCUT2D eigenvalue weighted by Gasteiger charge is 2.07. The molecule has 0 aliphatic carbocycles. The van der Waals surface area contributed by atoms with Gasteiger partial charge in [0.2, 0.25) is 5.91 Å². The number of carbonyl (C=O) groups is 1. The zero-order valence-corrected chi connectivity index (χ0v) is 12.0. The van der Waals surface area contributed by atoms with Crippen LogP contribution in [0.4, 0.5) is 0 Å². The first-order valence-corrected chi connectivity index (χ1v) is 6.76. The third-order valence-corrected chi connectivity index (χ3v) is 3.33. The number of hydrogen-bond donors (Lipinski definition) is 0. The molecule has 2 nitrogen and oxygen atoms in total. The van der Waals surface area contributed by atoms with Gasteiger partial charge in [-0.05, 0) is 23.3 Å². The van der Waals surface area contributed by atoms with E-state index in [1.807, 2.05) is 60.7 Å². The summed E-state index contributed by atoms with van der Waals surface area (Å²) in [5.41, 5.74) is 1.95. The van der Waals surface area contributed by atoms with Gasteiger partial charge in [0, 0.05) is 24.7 Å². The molecule has 0 bridgehead atoms. The van der Waals surface area contributed by atoms with Gasteiger partial charge in [0.15, 0.2) is 0 Å². The van der Waals surface area contributed by atoms with Crippen molar-refractivity contribution < 1.29 is 4.79 Å². The standard InChI is InChI=1S/C17H16ClNO/c1-19(13-15-9-5-6-10-16(15)18)17(20)12-11-14-7-3-2-4-8-14/h2-12H,13H2,1H3/b12-11+. The number of carbonyl (C=O) groups excluding carboxylic acids is 1. The molecule has 1 amide bonds. The second kappa shape index (κ2) is 6.92. The molecule has 0 saturated heterocycles. The molecule has 0 fully saturated rings. The van der Waals surface area contributed by atoms with Crippen LogP contribution >= 0.6 is 11.6 Å². The van der Waals surface area contributed by atoms with Gasteiger partial charge < -0.3 is 4.90 Å². The first kappa shape index (κ1) is 14.4. The van der Waals surface area contributed by atoms with Gasteiger partial charge in [-0.15, -0.1) is 0 Å². The summed E-state index contributed by atoms with van der Waals surface area (Å²) < 4.78 is 0. The van der Waals surface area contributed by atoms with E-state index in [1.54, 1.807) is 18.0 Å². The Morgan fingerprint density at radius 2 is 1.75 bits per heavy atom. The van der Waals surface area contributed by atoms with Crippen LogP contribution in [0.5, 0.6) is 0 Å². The summed E-state index contributed by atoms with van der Waals surface area (Å²) in [4.78, 5) is 13.7. The molecular weight excluding hydrogens is 270 g/mol. The van der Waals surface area contributed by atoms with Gasteiger partial charge in [0.1, 0.15) is 0 Å². The molecule has 0 heterocycles. The summed E-state index contributed by atoms with van der Waals surface area (Å²) >= 11 is 6.09. The molecule has 0 radical (unpaired) electrons. The Bertz CT molecular complexity index is 607. The van der Waals surface area contributed by atoms with Crippen molar-refractivity contribution in [2.45, 2.75) is 6.54 Å². The predicted octanol–water partition coefficient (Wildman–Crippen LogP) is 4.01. The summed E-state index contributed by atoms with van der Waals surface area (Å²) in [5, 5.41) is 0.680. The summed E-state index contributed by atoms with van der Waals surface area (Å²) in [6, 6.07) is 17.3. The van der Waals surface area contributed by atoms with E-state index >= 15 is 0 Å². The van der Waals surface area contributed by atoms with Crippen LogP contribution in [-0.4, -0.2) is 17.9 Å². The van der Waals surface area contributed by atoms with Gasteiger partial charge in [-0.2, -0.15) is 0 Å². The van der Waals surface area contributed by atoms with E-state index in [0.717, 1.165) is 11.1 Å². The molecule has 0 aliphatic heterocycles. The Kier molecular flexibility index (Phi) is 4.97. The predicted molar refractivity (Wildman–Crippen MR) is 83.4 cm³/mol. The number of halogens is 1. The minimum atomic E-state index is -0.0474. The van der Waals surface area contributed by atoms with Crippen molar-refractivity contribution >= 4 is 23.6 Å². The van der Waals surface area contributed by atoms with Crippen LogP contribution in [0.1, 0.15) is 11.1 Å². The summed E-state index contributed by atoms with van der Waals surface area (Å²) in [7, 11) is 1.76. The largest absolute Gasteiger partial charge is 0.338 e. The molecule has 0 N–H and O–H groups in total. The van der Waals surface area contributed by atoms with E-state index in [-0.39, 0.29) is 5.91 Å². The number of benzene rings is 2. The van der Waals surface area contributed by atoms with E-state index in [4.69, 9.17) is 11.6 Å². The highest BCUT2D eigenvalue weighted by atomic mass is 35.5. The van der Waals surface area contributed by atoms with Crippen LogP contribution in [0.25, 0.3) is 6.08 Å². The van der Waals surface area contributed by atoms with Gasteiger partial charge in [-0.1, -0.05) is 60.1 Å². The average molecular weight is 286 g/mol. The zero-order chi connectivity index (χ0) is 14.4. The van der Waals surface area contributed by atoms with Crippen molar-refractivity contribution in [3.8, 4) is 0 Å². The fourth-order valence-corrected chi connectivity index (χ4v) is 2.01. The van der Waals surface area contributed by atoms with Crippen molar-refractivity contribution in [1.29, 1.82) is 0 Å². The summed E-state index contributed by atoms with van der Waals surface area (Å²) in [5.74, 6) is -0.0474. The number of nitrogens with zero attached hydrogens (tertiary/aromatic N) is 1. The topological polar surface area (TPSA) is 20.3 Å². The number of likely N-dealkylation sites (N-methyl/N-ethyl adjacent to an activating group) is 1. The van der Waals surface area contributed by atoms with Gasteiger partial charge >= 0.3 is 0 Å². The van der Waals surface area contributed by atoms with Gasteiger partial charge in [0.25, 0.3) is 0 Å². The van der Waals surface area contributed by atoms with Crippen molar-refractivity contribution in [2.75, 3.05) is 7.05 Å². The van der Waals surface area contributed by atoms with Crippen molar-refractivity contribution in [2.24, 2.45) is 0 Å². The third-order valence-electron chi connectivity index (χ3n) is 2.96. The highest BCUT2D eigenvalue weighted by Crippen LogP contribution is 2.16. The van der Waals surface area contributed by atoms with E-state index in [2.05, 4.69) is 0 Å². The SMILES string of the molecule is CN(Cc1ccccc1Cl)C(=O)/C=C/c1ccccc1. The van der Waals surface area contributed by atoms with Crippen molar-refractivity contribution in [3.63, 3.8) is 0 Å². The number of rotatable bonds is 4. The molecule has 0 aliphatic rings. The van der Waals surface area contributed by atoms with Crippen LogP contribution in [0, 0.1) is 0 Å². The van der Waals surface area contributed by atoms with Gasteiger partial charge in [-0.3, -0.25) is 4.79 Å². The molecule has 0 aromatic heterocycles. The zero-order valence-electron chi connectivity index (χ0n) is 11.3. The molecule has 2 rings (SSSR count). The van der Waals surface area contributed by atoms with Crippen LogP contribution in [0.2, 0.25) is 5.02 Å². The Hall–Kier alpha value is -2.06. The van der Waals surface area contributed by atoms with Crippen LogP contribution in [0.15, 0.2) is 60.7 Å². The number of amides is 1. The van der Waals surface area contributed by atoms with E-state index < -0.39 is 0 Å². The molecule has 0 spiro atoms. The maximum Gasteiger partial charge on any atom is 0.246 e. The lowest BCUT2D eigenvalue weighted by Crippen LogP contribution is -2.24. The first-order chi connectivity index (χ1) is 9.66. The van der Waals surface area contributed by atoms with Gasteiger partial charge in [-0.25, -0.2) is 0 Å². The first-order valence-electron chi connectivity index (χ1n) is 6.38. The lowest BCUT2D eigenvalue weighted by molar-refractivity contribution is -0.125. The quantitative estimate of drug-likeness (QED) is 0.777. The van der Waals surface area contributed by atoms with E-state index in [9.17, 15) is 4.79 Å². The minimum Gasteiger partial charge on any atom is -0.338 e. The van der Waals surface area contributed by atoms with Crippen LogP contribution < -0.4 is 0 Å². The molecular formula is C17H16ClNO. The Balaban J connectivity index is 1.99. The Morgan fingerprint density at radius 3 is 2.45 bits per heavy atom. The Morgan fingerprint density at radius 1 is 1.10 bits per heavy atom. The fourth-order valence-electron chi connectivity index (χ4n) is 1.82. The average Bonchev–Trinajstić information content (AvgIpc) is 2.48. The fraction of sp³-hybridized carbons (Fsp3) is 0.118. The molecule has 0 saturated carbocycles. The molecule has 0 unspecified atom stereocenters. The minimum absolute atomic E-state index is 0.0474. The molecule has 102 valence electrons. The maximum atomic E-state index is 12.0. The molecule has 0 atom stereocenters. The number of hydrogen-bond acceptors (Lipinski definition) is 1. The monoisotopic (exact) mass is 285 g/mol. The second-order valence-corrected chi connectivity index (χ2v) is 4.94. The van der Waals surface area contributed by atoms with E-state index in [1.165, 1.54) is 0 Å². The second-order valence-electron chi connectivity index (χ2n) is 4.53. The lowest BCUT2D eigenvalue weighted by atomic mass is 10.2. The maximum absolute atomic E-state index is 12.0. The summed E-state index contributed by atoms with van der Waals surface area (Å²) in [6.45, 7) is 0.498.